The Morgan fingerprint density at radius 2 is 1.80 bits per heavy atom. The number of Topliss-reactive ketones (excluding diaryl/α,β-unsaturated/α-hetero) is 1. The zero-order chi connectivity index (χ0) is 30.0. The van der Waals surface area contributed by atoms with Crippen LogP contribution in [0.5, 0.6) is 0 Å². The van der Waals surface area contributed by atoms with Gasteiger partial charge in [-0.05, 0) is 44.0 Å². The van der Waals surface area contributed by atoms with E-state index in [0.29, 0.717) is 29.2 Å². The van der Waals surface area contributed by atoms with Crippen molar-refractivity contribution in [2.75, 3.05) is 0 Å². The minimum absolute atomic E-state index is 0.170. The van der Waals surface area contributed by atoms with Crippen LogP contribution >= 0.6 is 11.3 Å². The minimum Gasteiger partial charge on any atom is -0.542 e. The molecule has 1 aliphatic heterocycles. The van der Waals surface area contributed by atoms with Gasteiger partial charge in [0.15, 0.2) is 5.70 Å². The summed E-state index contributed by atoms with van der Waals surface area (Å²) in [4.78, 5) is 25.3. The number of nitrogens with one attached hydrogen (secondary N) is 1. The molecule has 0 amide bonds. The Hall–Kier alpha value is -3.66. The molecule has 1 aliphatic rings. The van der Waals surface area contributed by atoms with Crippen molar-refractivity contribution in [3.63, 3.8) is 0 Å². The van der Waals surface area contributed by atoms with Gasteiger partial charge in [-0.2, -0.15) is 17.9 Å². The van der Waals surface area contributed by atoms with Gasteiger partial charge in [0.05, 0.1) is 11.1 Å². The molecule has 0 fully saturated rings. The minimum atomic E-state index is -5.19. The maximum Gasteiger partial charge on any atom is 0.430 e. The summed E-state index contributed by atoms with van der Waals surface area (Å²) in [7, 11) is -3.77. The first kappa shape index (κ1) is 31.9. The molecule has 4 rings (SSSR count). The van der Waals surface area contributed by atoms with Gasteiger partial charge in [0.25, 0.3) is 10.0 Å². The van der Waals surface area contributed by atoms with Crippen molar-refractivity contribution in [1.29, 1.82) is 0 Å². The molecular formula is C26H27F3N4O6S2. The molecule has 0 bridgehead atoms. The van der Waals surface area contributed by atoms with Crippen LogP contribution in [0.1, 0.15) is 44.6 Å². The third-order valence-electron chi connectivity index (χ3n) is 5.71. The highest BCUT2D eigenvalue weighted by atomic mass is 32.2. The van der Waals surface area contributed by atoms with Crippen LogP contribution in [-0.4, -0.2) is 43.4 Å². The number of nitrogens with two attached hydrogens (primary N) is 1. The molecule has 220 valence electrons. The van der Waals surface area contributed by atoms with Crippen LogP contribution in [0.25, 0.3) is 16.3 Å². The smallest absolute Gasteiger partial charge is 0.430 e. The standard InChI is InChI=1S/C24H26N4O4S2.C2HF3O2/c1-17(29)8-4-2-7-11-20(24-25-16-21(26-24)18-9-5-3-6-10-18)28-34(30,31)23-13-12-22(33-23)19-14-15-32-27-19;3-2(4,5)1(6)7/h3,5-6,9-10,12-16,20,28H,2,4,7-8,11H2,1H3,(H,25,26);(H,6,7)/t20-;/m0./s1. The molecule has 0 saturated carbocycles. The van der Waals surface area contributed by atoms with E-state index in [0.717, 1.165) is 41.9 Å². The number of hydrogen-bond donors (Lipinski definition) is 2. The topological polar surface area (TPSA) is 158 Å². The first-order chi connectivity index (χ1) is 19.4. The Balaban J connectivity index is 0.000000587. The molecule has 0 saturated heterocycles. The van der Waals surface area contributed by atoms with Crippen LogP contribution in [0.3, 0.4) is 0 Å². The number of aromatic nitrogens is 1. The second-order valence-corrected chi connectivity index (χ2v) is 11.9. The summed E-state index contributed by atoms with van der Waals surface area (Å²) in [5.74, 6) is -2.15. The predicted octanol–water partition coefficient (Wildman–Crippen LogP) is 2.86. The number of thiophene rings is 1. The summed E-state index contributed by atoms with van der Waals surface area (Å²) in [6.45, 7) is 1.59. The number of quaternary nitrogens is 1. The molecule has 0 aliphatic carbocycles. The van der Waals surface area contributed by atoms with Gasteiger partial charge < -0.3 is 19.2 Å². The highest BCUT2D eigenvalue weighted by molar-refractivity contribution is 7.91. The van der Waals surface area contributed by atoms with E-state index in [2.05, 4.69) is 14.9 Å². The number of sulfonamides is 1. The summed E-state index contributed by atoms with van der Waals surface area (Å²) in [6, 6.07) is 14.4. The van der Waals surface area contributed by atoms with Gasteiger partial charge in [-0.25, -0.2) is 13.4 Å². The lowest BCUT2D eigenvalue weighted by Gasteiger charge is -2.16. The highest BCUT2D eigenvalue weighted by Gasteiger charge is 2.31. The molecule has 10 nitrogen and oxygen atoms in total. The summed E-state index contributed by atoms with van der Waals surface area (Å²) in [5.41, 5.74) is 2.57. The van der Waals surface area contributed by atoms with Crippen molar-refractivity contribution in [3.8, 4) is 10.6 Å². The number of carbonyl (C=O) groups is 2. The van der Waals surface area contributed by atoms with E-state index >= 15 is 0 Å². The average Bonchev–Trinajstić information content (AvgIpc) is 3.69. The molecule has 3 aromatic rings. The number of halogens is 3. The zero-order valence-corrected chi connectivity index (χ0v) is 23.4. The van der Waals surface area contributed by atoms with E-state index in [4.69, 9.17) is 14.4 Å². The fourth-order valence-corrected chi connectivity index (χ4v) is 6.24. The van der Waals surface area contributed by atoms with Crippen molar-refractivity contribution < 1.29 is 46.1 Å². The summed E-state index contributed by atoms with van der Waals surface area (Å²) >= 11 is 1.14. The van der Waals surface area contributed by atoms with Crippen LogP contribution in [0, 0.1) is 0 Å². The Bertz CT molecular complexity index is 1480. The number of aliphatic imine (C=N–C) groups is 1. The molecule has 0 unspecified atom stereocenters. The quantitative estimate of drug-likeness (QED) is 0.298. The van der Waals surface area contributed by atoms with Gasteiger partial charge in [0.2, 0.25) is 5.84 Å². The van der Waals surface area contributed by atoms with E-state index < -0.39 is 28.2 Å². The molecule has 41 heavy (non-hydrogen) atoms. The summed E-state index contributed by atoms with van der Waals surface area (Å²) in [5, 5.41) is 14.6. The molecule has 3 N–H and O–H groups in total. The van der Waals surface area contributed by atoms with Crippen LogP contribution in [0.15, 0.2) is 74.7 Å². The predicted molar refractivity (Wildman–Crippen MR) is 143 cm³/mol. The van der Waals surface area contributed by atoms with E-state index in [-0.39, 0.29) is 9.99 Å². The summed E-state index contributed by atoms with van der Waals surface area (Å²) in [6.07, 6.45) is 1.59. The number of nitrogens with zero attached hydrogens (tertiary/aromatic N) is 2. The molecular weight excluding hydrogens is 585 g/mol. The number of carboxylic acids is 1. The average molecular weight is 613 g/mol. The molecule has 1 aromatic carbocycles. The third-order valence-corrected chi connectivity index (χ3v) is 8.78. The Morgan fingerprint density at radius 3 is 2.41 bits per heavy atom. The third kappa shape index (κ3) is 9.74. The second kappa shape index (κ2) is 14.3. The number of unbranched alkanes of at least 4 members (excludes halogenated alkanes) is 2. The summed E-state index contributed by atoms with van der Waals surface area (Å²) < 4.78 is 66.0. The first-order valence-electron chi connectivity index (χ1n) is 12.4. The normalized spacial score (nSPS) is 14.0. The van der Waals surface area contributed by atoms with Crippen molar-refractivity contribution in [3.05, 3.63) is 66.6 Å². The lowest BCUT2D eigenvalue weighted by molar-refractivity contribution is -0.434. The second-order valence-electron chi connectivity index (χ2n) is 8.91. The number of benzene rings is 1. The van der Waals surface area contributed by atoms with Gasteiger partial charge in [-0.3, -0.25) is 5.32 Å². The number of amidine groups is 1. The van der Waals surface area contributed by atoms with Crippen LogP contribution in [0.4, 0.5) is 13.2 Å². The Morgan fingerprint density at radius 1 is 1.10 bits per heavy atom. The Labute approximate surface area is 238 Å². The zero-order valence-electron chi connectivity index (χ0n) is 21.8. The van der Waals surface area contributed by atoms with Gasteiger partial charge in [0, 0.05) is 18.1 Å². The molecule has 0 spiro atoms. The number of ketones is 1. The van der Waals surface area contributed by atoms with Crippen molar-refractivity contribution in [2.24, 2.45) is 4.99 Å². The Kier molecular flexibility index (Phi) is 11.1. The monoisotopic (exact) mass is 612 g/mol. The molecule has 3 heterocycles. The molecule has 15 heteroatoms. The largest absolute Gasteiger partial charge is 0.542 e. The number of aliphatic carboxylic acids is 1. The number of rotatable bonds is 12. The van der Waals surface area contributed by atoms with E-state index in [1.165, 1.54) is 6.26 Å². The number of hydrogen-bond acceptors (Lipinski definition) is 9. The van der Waals surface area contributed by atoms with Gasteiger partial charge in [-0.1, -0.05) is 36.2 Å². The highest BCUT2D eigenvalue weighted by Crippen LogP contribution is 2.30. The molecule has 0 radical (unpaired) electrons. The van der Waals surface area contributed by atoms with Gasteiger partial charge in [-0.15, -0.1) is 11.3 Å². The van der Waals surface area contributed by atoms with E-state index in [1.54, 1.807) is 31.3 Å². The number of carboxylic acid groups (broad SMARTS) is 1. The lowest BCUT2D eigenvalue weighted by Crippen LogP contribution is -2.87. The maximum absolute atomic E-state index is 13.2. The maximum atomic E-state index is 13.2. The van der Waals surface area contributed by atoms with Crippen molar-refractivity contribution in [2.45, 2.75) is 55.5 Å². The van der Waals surface area contributed by atoms with Gasteiger partial charge >= 0.3 is 6.18 Å². The SMILES string of the molecule is CC(=O)CCCCC[C@H](NS(=O)(=O)c1ccc(-c2ccon2)s1)C1=NC=C(c2ccccc2)[NH2+]1.O=C([O-])C(F)(F)F. The molecule has 2 aromatic heterocycles. The van der Waals surface area contributed by atoms with Crippen LogP contribution in [0.2, 0.25) is 0 Å². The number of alkyl halides is 3. The van der Waals surface area contributed by atoms with E-state index in [1.807, 2.05) is 35.6 Å². The van der Waals surface area contributed by atoms with Crippen molar-refractivity contribution in [1.82, 2.24) is 9.88 Å². The molecule has 1 atom stereocenters. The fourth-order valence-electron chi connectivity index (χ4n) is 3.71. The first-order valence-corrected chi connectivity index (χ1v) is 14.7. The van der Waals surface area contributed by atoms with Crippen molar-refractivity contribution >= 4 is 44.6 Å². The van der Waals surface area contributed by atoms with E-state index in [9.17, 15) is 26.4 Å². The fraction of sp³-hybridized carbons (Fsp3) is 0.308. The van der Waals surface area contributed by atoms with Gasteiger partial charge in [0.1, 0.15) is 34.0 Å². The van der Waals surface area contributed by atoms with Crippen LogP contribution in [-0.2, 0) is 19.6 Å². The van der Waals surface area contributed by atoms with Crippen LogP contribution < -0.4 is 15.1 Å². The lowest BCUT2D eigenvalue weighted by atomic mass is 10.1. The number of carbonyl (C=O) groups excluding carboxylic acids is 2.